The summed E-state index contributed by atoms with van der Waals surface area (Å²) in [5, 5.41) is 2.96. The molecule has 0 aromatic heterocycles. The molecule has 1 amide bonds. The van der Waals surface area contributed by atoms with Gasteiger partial charge in [0, 0.05) is 5.56 Å². The summed E-state index contributed by atoms with van der Waals surface area (Å²) in [7, 11) is 0. The molecule has 78 valence electrons. The Morgan fingerprint density at radius 2 is 2.13 bits per heavy atom. The number of fused-ring (bicyclic) bond motifs is 2. The van der Waals surface area contributed by atoms with Gasteiger partial charge in [0.2, 0.25) is 5.91 Å². The monoisotopic (exact) mass is 205 g/mol. The molecule has 0 bridgehead atoms. The SMILES string of the molecule is O=C1COCC2(COc3ccccc32)N1. The molecule has 1 aromatic rings. The Morgan fingerprint density at radius 3 is 3.00 bits per heavy atom. The standard InChI is InChI=1S/C11H11NO3/c13-10-5-14-6-11(12-10)7-15-9-4-2-1-3-8(9)11/h1-4H,5-7H2,(H,12,13). The van der Waals surface area contributed by atoms with Crippen molar-refractivity contribution >= 4 is 5.91 Å². The van der Waals surface area contributed by atoms with Gasteiger partial charge in [-0.1, -0.05) is 18.2 Å². The van der Waals surface area contributed by atoms with Gasteiger partial charge < -0.3 is 14.8 Å². The van der Waals surface area contributed by atoms with Crippen LogP contribution in [0.25, 0.3) is 0 Å². The summed E-state index contributed by atoms with van der Waals surface area (Å²) in [4.78, 5) is 11.3. The molecule has 0 saturated carbocycles. The van der Waals surface area contributed by atoms with Crippen LogP contribution in [0.4, 0.5) is 0 Å². The Bertz CT molecular complexity index is 414. The number of benzene rings is 1. The van der Waals surface area contributed by atoms with E-state index in [2.05, 4.69) is 5.32 Å². The highest BCUT2D eigenvalue weighted by atomic mass is 16.5. The molecule has 15 heavy (non-hydrogen) atoms. The van der Waals surface area contributed by atoms with Crippen LogP contribution < -0.4 is 10.1 Å². The second-order valence-electron chi connectivity index (χ2n) is 3.91. The predicted molar refractivity (Wildman–Crippen MR) is 52.6 cm³/mol. The van der Waals surface area contributed by atoms with Crippen molar-refractivity contribution in [2.75, 3.05) is 19.8 Å². The van der Waals surface area contributed by atoms with Gasteiger partial charge in [0.15, 0.2) is 0 Å². The first-order valence-electron chi connectivity index (χ1n) is 4.91. The lowest BCUT2D eigenvalue weighted by atomic mass is 9.92. The van der Waals surface area contributed by atoms with Crippen LogP contribution in [-0.4, -0.2) is 25.7 Å². The maximum absolute atomic E-state index is 11.3. The third-order valence-electron chi connectivity index (χ3n) is 2.84. The molecule has 3 rings (SSSR count). The molecule has 2 aliphatic rings. The maximum atomic E-state index is 11.3. The largest absolute Gasteiger partial charge is 0.490 e. The third-order valence-corrected chi connectivity index (χ3v) is 2.84. The van der Waals surface area contributed by atoms with Crippen molar-refractivity contribution in [1.82, 2.24) is 5.32 Å². The van der Waals surface area contributed by atoms with Gasteiger partial charge in [0.1, 0.15) is 24.5 Å². The van der Waals surface area contributed by atoms with Gasteiger partial charge in [-0.25, -0.2) is 0 Å². The lowest BCUT2D eigenvalue weighted by Crippen LogP contribution is -2.55. The normalized spacial score (nSPS) is 28.4. The second kappa shape index (κ2) is 2.97. The summed E-state index contributed by atoms with van der Waals surface area (Å²) in [6.07, 6.45) is 0. The first-order valence-corrected chi connectivity index (χ1v) is 4.91. The number of hydrogen-bond acceptors (Lipinski definition) is 3. The highest BCUT2D eigenvalue weighted by Gasteiger charge is 2.44. The molecule has 1 spiro atoms. The number of carbonyl (C=O) groups is 1. The van der Waals surface area contributed by atoms with Crippen molar-refractivity contribution in [3.63, 3.8) is 0 Å². The molecule has 4 nitrogen and oxygen atoms in total. The number of ether oxygens (including phenoxy) is 2. The van der Waals surface area contributed by atoms with E-state index in [1.54, 1.807) is 0 Å². The quantitative estimate of drug-likeness (QED) is 0.667. The minimum atomic E-state index is -0.466. The van der Waals surface area contributed by atoms with Crippen LogP contribution in [0.5, 0.6) is 5.75 Å². The molecular weight excluding hydrogens is 194 g/mol. The number of amides is 1. The molecule has 4 heteroatoms. The molecule has 1 atom stereocenters. The van der Waals surface area contributed by atoms with Gasteiger partial charge in [-0.3, -0.25) is 4.79 Å². The van der Waals surface area contributed by atoms with Crippen molar-refractivity contribution in [3.8, 4) is 5.75 Å². The average Bonchev–Trinajstić information content (AvgIpc) is 2.59. The van der Waals surface area contributed by atoms with E-state index in [0.29, 0.717) is 13.2 Å². The third kappa shape index (κ3) is 1.22. The van der Waals surface area contributed by atoms with Gasteiger partial charge in [0.25, 0.3) is 0 Å². The Morgan fingerprint density at radius 1 is 1.27 bits per heavy atom. The minimum Gasteiger partial charge on any atom is -0.490 e. The summed E-state index contributed by atoms with van der Waals surface area (Å²) < 4.78 is 10.8. The fourth-order valence-corrected chi connectivity index (χ4v) is 2.15. The van der Waals surface area contributed by atoms with Crippen LogP contribution in [0, 0.1) is 0 Å². The number of nitrogens with one attached hydrogen (secondary N) is 1. The molecular formula is C11H11NO3. The van der Waals surface area contributed by atoms with Crippen LogP contribution >= 0.6 is 0 Å². The molecule has 1 saturated heterocycles. The molecule has 1 N–H and O–H groups in total. The summed E-state index contributed by atoms with van der Waals surface area (Å²) in [6.45, 7) is 1.08. The maximum Gasteiger partial charge on any atom is 0.246 e. The summed E-state index contributed by atoms with van der Waals surface area (Å²) >= 11 is 0. The van der Waals surface area contributed by atoms with E-state index in [4.69, 9.17) is 9.47 Å². The van der Waals surface area contributed by atoms with E-state index in [1.165, 1.54) is 0 Å². The Hall–Kier alpha value is -1.55. The number of para-hydroxylation sites is 1. The molecule has 0 radical (unpaired) electrons. The molecule has 2 aliphatic heterocycles. The number of rotatable bonds is 0. The second-order valence-corrected chi connectivity index (χ2v) is 3.91. The highest BCUT2D eigenvalue weighted by Crippen LogP contribution is 2.37. The van der Waals surface area contributed by atoms with E-state index in [0.717, 1.165) is 11.3 Å². The van der Waals surface area contributed by atoms with Crippen molar-refractivity contribution in [2.24, 2.45) is 0 Å². The number of carbonyl (C=O) groups excluding carboxylic acids is 1. The van der Waals surface area contributed by atoms with E-state index >= 15 is 0 Å². The zero-order valence-electron chi connectivity index (χ0n) is 8.16. The van der Waals surface area contributed by atoms with E-state index in [-0.39, 0.29) is 12.5 Å². The van der Waals surface area contributed by atoms with Gasteiger partial charge in [-0.15, -0.1) is 0 Å². The van der Waals surface area contributed by atoms with E-state index in [9.17, 15) is 4.79 Å². The fraction of sp³-hybridized carbons (Fsp3) is 0.364. The first-order chi connectivity index (χ1) is 7.30. The number of hydrogen-bond donors (Lipinski definition) is 1. The van der Waals surface area contributed by atoms with Gasteiger partial charge in [-0.05, 0) is 6.07 Å². The van der Waals surface area contributed by atoms with Crippen molar-refractivity contribution in [2.45, 2.75) is 5.54 Å². The summed E-state index contributed by atoms with van der Waals surface area (Å²) in [5.74, 6) is 0.754. The lowest BCUT2D eigenvalue weighted by molar-refractivity contribution is -0.136. The molecule has 1 aromatic carbocycles. The van der Waals surface area contributed by atoms with Crippen LogP contribution in [0.3, 0.4) is 0 Å². The number of morpholine rings is 1. The zero-order chi connectivity index (χ0) is 10.3. The lowest BCUT2D eigenvalue weighted by Gasteiger charge is -2.32. The average molecular weight is 205 g/mol. The van der Waals surface area contributed by atoms with E-state index < -0.39 is 5.54 Å². The molecule has 1 fully saturated rings. The van der Waals surface area contributed by atoms with Gasteiger partial charge in [0.05, 0.1) is 6.61 Å². The Labute approximate surface area is 87.2 Å². The minimum absolute atomic E-state index is 0.0819. The smallest absolute Gasteiger partial charge is 0.246 e. The van der Waals surface area contributed by atoms with Crippen molar-refractivity contribution in [1.29, 1.82) is 0 Å². The molecule has 1 unspecified atom stereocenters. The topological polar surface area (TPSA) is 47.6 Å². The van der Waals surface area contributed by atoms with Gasteiger partial charge >= 0.3 is 0 Å². The fourth-order valence-electron chi connectivity index (χ4n) is 2.15. The molecule has 2 heterocycles. The highest BCUT2D eigenvalue weighted by molar-refractivity contribution is 5.79. The summed E-state index contributed by atoms with van der Waals surface area (Å²) in [5.41, 5.74) is 0.546. The first kappa shape index (κ1) is 8.73. The molecule has 0 aliphatic carbocycles. The Kier molecular flexibility index (Phi) is 1.73. The summed E-state index contributed by atoms with van der Waals surface area (Å²) in [6, 6.07) is 7.74. The van der Waals surface area contributed by atoms with E-state index in [1.807, 2.05) is 24.3 Å². The zero-order valence-corrected chi connectivity index (χ0v) is 8.16. The van der Waals surface area contributed by atoms with Crippen molar-refractivity contribution < 1.29 is 14.3 Å². The van der Waals surface area contributed by atoms with Crippen LogP contribution in [0.1, 0.15) is 5.56 Å². The van der Waals surface area contributed by atoms with Gasteiger partial charge in [-0.2, -0.15) is 0 Å². The Balaban J connectivity index is 2.04. The predicted octanol–water partition coefficient (Wildman–Crippen LogP) is 0.421. The van der Waals surface area contributed by atoms with Crippen molar-refractivity contribution in [3.05, 3.63) is 29.8 Å². The van der Waals surface area contributed by atoms with Crippen LogP contribution in [0.2, 0.25) is 0 Å². The van der Waals surface area contributed by atoms with Crippen LogP contribution in [-0.2, 0) is 15.1 Å². The van der Waals surface area contributed by atoms with Crippen LogP contribution in [0.15, 0.2) is 24.3 Å².